The average Bonchev–Trinajstić information content (AvgIpc) is 3.24. The van der Waals surface area contributed by atoms with E-state index < -0.39 is 0 Å². The second-order valence-electron chi connectivity index (χ2n) is 9.51. The van der Waals surface area contributed by atoms with Crippen LogP contribution in [0, 0.1) is 0 Å². The van der Waals surface area contributed by atoms with Gasteiger partial charge >= 0.3 is 0 Å². The van der Waals surface area contributed by atoms with Gasteiger partial charge in [-0.25, -0.2) is 0 Å². The molecular weight excluding hydrogens is 454 g/mol. The average molecular weight is 488 g/mol. The van der Waals surface area contributed by atoms with Gasteiger partial charge in [-0.2, -0.15) is 5.10 Å². The predicted molar refractivity (Wildman–Crippen MR) is 143 cm³/mol. The van der Waals surface area contributed by atoms with E-state index in [0.29, 0.717) is 44.1 Å². The Bertz CT molecular complexity index is 1230. The van der Waals surface area contributed by atoms with E-state index in [-0.39, 0.29) is 18.2 Å². The predicted octanol–water partition coefficient (Wildman–Crippen LogP) is 2.47. The van der Waals surface area contributed by atoms with Crippen LogP contribution in [-0.2, 0) is 17.8 Å². The second-order valence-corrected chi connectivity index (χ2v) is 9.51. The first-order valence-corrected chi connectivity index (χ1v) is 12.4. The molecule has 5 rings (SSSR count). The normalized spacial score (nSPS) is 15.7. The summed E-state index contributed by atoms with van der Waals surface area (Å²) in [6.07, 6.45) is 0.918. The molecule has 0 bridgehead atoms. The molecule has 0 unspecified atom stereocenters. The lowest BCUT2D eigenvalue weighted by Gasteiger charge is -2.36. The summed E-state index contributed by atoms with van der Waals surface area (Å²) in [5.74, 6) is 0.330. The summed E-state index contributed by atoms with van der Waals surface area (Å²) in [5.41, 5.74) is 10.5. The molecule has 1 aromatic heterocycles. The number of aromatic nitrogens is 2. The smallest absolute Gasteiger partial charge is 0.276 e. The summed E-state index contributed by atoms with van der Waals surface area (Å²) in [7, 11) is 3.97. The fourth-order valence-electron chi connectivity index (χ4n) is 5.01. The maximum absolute atomic E-state index is 13.5. The Morgan fingerprint density at radius 2 is 1.64 bits per heavy atom. The number of hydrogen-bond donors (Lipinski definition) is 1. The van der Waals surface area contributed by atoms with Crippen molar-refractivity contribution in [3.05, 3.63) is 65.9 Å². The van der Waals surface area contributed by atoms with E-state index in [4.69, 9.17) is 5.73 Å². The number of piperazine rings is 1. The van der Waals surface area contributed by atoms with Crippen LogP contribution in [0.4, 0.5) is 22.9 Å². The van der Waals surface area contributed by atoms with Gasteiger partial charge in [0.15, 0.2) is 0 Å². The Morgan fingerprint density at radius 1 is 0.944 bits per heavy atom. The van der Waals surface area contributed by atoms with E-state index in [1.807, 2.05) is 66.4 Å². The number of carbonyl (C=O) groups excluding carboxylic acids is 2. The Labute approximate surface area is 211 Å². The zero-order valence-corrected chi connectivity index (χ0v) is 20.9. The van der Waals surface area contributed by atoms with Crippen LogP contribution in [0.5, 0.6) is 0 Å². The Morgan fingerprint density at radius 3 is 2.31 bits per heavy atom. The number of nitrogens with zero attached hydrogens (tertiary/aromatic N) is 6. The second kappa shape index (κ2) is 9.93. The third-order valence-corrected chi connectivity index (χ3v) is 7.08. The van der Waals surface area contributed by atoms with E-state index in [2.05, 4.69) is 22.1 Å². The van der Waals surface area contributed by atoms with Crippen LogP contribution < -0.4 is 20.4 Å². The molecule has 9 heteroatoms. The molecular formula is C27H33N7O2. The van der Waals surface area contributed by atoms with Gasteiger partial charge in [0, 0.05) is 75.9 Å². The SMILES string of the molecule is CN(C)c1ccc(N2CCc3c(N)nn(CCC(=O)N4CCN(c5ccccc5)CC4)c3C2=O)cc1. The fourth-order valence-corrected chi connectivity index (χ4v) is 5.01. The fraction of sp³-hybridized carbons (Fsp3) is 0.370. The molecule has 2 aliphatic rings. The minimum atomic E-state index is -0.123. The summed E-state index contributed by atoms with van der Waals surface area (Å²) in [4.78, 5) is 34.5. The topological polar surface area (TPSA) is 90.9 Å². The molecule has 3 aromatic rings. The van der Waals surface area contributed by atoms with E-state index in [1.165, 1.54) is 5.69 Å². The van der Waals surface area contributed by atoms with Gasteiger partial charge in [0.2, 0.25) is 5.91 Å². The summed E-state index contributed by atoms with van der Waals surface area (Å²) < 4.78 is 1.63. The third kappa shape index (κ3) is 4.60. The zero-order valence-electron chi connectivity index (χ0n) is 20.9. The lowest BCUT2D eigenvalue weighted by molar-refractivity contribution is -0.131. The molecule has 2 N–H and O–H groups in total. The van der Waals surface area contributed by atoms with Gasteiger partial charge in [0.1, 0.15) is 11.5 Å². The van der Waals surface area contributed by atoms with Crippen LogP contribution >= 0.6 is 0 Å². The molecule has 9 nitrogen and oxygen atoms in total. The highest BCUT2D eigenvalue weighted by Gasteiger charge is 2.32. The number of carbonyl (C=O) groups is 2. The standard InChI is InChI=1S/C27H33N7O2/c1-30(2)20-8-10-22(11-9-20)33-14-12-23-25(27(33)36)34(29-26(23)28)15-13-24(35)32-18-16-31(17-19-32)21-6-4-3-5-7-21/h3-11H,12-19H2,1-2H3,(H2,28,29). The lowest BCUT2D eigenvalue weighted by Crippen LogP contribution is -2.49. The highest BCUT2D eigenvalue weighted by molar-refractivity contribution is 6.07. The number of nitrogens with two attached hydrogens (primary N) is 1. The molecule has 0 aliphatic carbocycles. The van der Waals surface area contributed by atoms with Crippen LogP contribution in [0.15, 0.2) is 54.6 Å². The summed E-state index contributed by atoms with van der Waals surface area (Å²) in [6, 6.07) is 18.2. The van der Waals surface area contributed by atoms with Crippen LogP contribution in [0.25, 0.3) is 0 Å². The summed E-state index contributed by atoms with van der Waals surface area (Å²) in [6.45, 7) is 3.86. The number of fused-ring (bicyclic) bond motifs is 1. The highest BCUT2D eigenvalue weighted by atomic mass is 16.2. The van der Waals surface area contributed by atoms with E-state index in [9.17, 15) is 9.59 Å². The van der Waals surface area contributed by atoms with Crippen molar-refractivity contribution < 1.29 is 9.59 Å². The molecule has 2 aliphatic heterocycles. The van der Waals surface area contributed by atoms with Crippen molar-refractivity contribution in [1.29, 1.82) is 0 Å². The van der Waals surface area contributed by atoms with Crippen LogP contribution in [0.3, 0.4) is 0 Å². The maximum Gasteiger partial charge on any atom is 0.276 e. The molecule has 2 amide bonds. The minimum absolute atomic E-state index is 0.0740. The largest absolute Gasteiger partial charge is 0.382 e. The minimum Gasteiger partial charge on any atom is -0.382 e. The Kier molecular flexibility index (Phi) is 6.54. The first-order chi connectivity index (χ1) is 17.4. The number of para-hydroxylation sites is 1. The van der Waals surface area contributed by atoms with Crippen molar-refractivity contribution in [2.75, 3.05) is 67.3 Å². The van der Waals surface area contributed by atoms with E-state index in [0.717, 1.165) is 30.0 Å². The monoisotopic (exact) mass is 487 g/mol. The van der Waals surface area contributed by atoms with Crippen LogP contribution in [0.2, 0.25) is 0 Å². The molecule has 0 saturated carbocycles. The van der Waals surface area contributed by atoms with Crippen molar-refractivity contribution >= 4 is 34.7 Å². The first kappa shape index (κ1) is 23.7. The maximum atomic E-state index is 13.5. The number of anilines is 4. The van der Waals surface area contributed by atoms with Crippen molar-refractivity contribution in [1.82, 2.24) is 14.7 Å². The number of rotatable bonds is 6. The van der Waals surface area contributed by atoms with Crippen molar-refractivity contribution in [2.45, 2.75) is 19.4 Å². The van der Waals surface area contributed by atoms with Gasteiger partial charge in [0.25, 0.3) is 5.91 Å². The molecule has 1 fully saturated rings. The summed E-state index contributed by atoms with van der Waals surface area (Å²) >= 11 is 0. The number of benzene rings is 2. The molecule has 0 radical (unpaired) electrons. The van der Waals surface area contributed by atoms with Crippen molar-refractivity contribution in [3.63, 3.8) is 0 Å². The molecule has 0 spiro atoms. The van der Waals surface area contributed by atoms with E-state index >= 15 is 0 Å². The van der Waals surface area contributed by atoms with Gasteiger partial charge < -0.3 is 25.3 Å². The zero-order chi connectivity index (χ0) is 25.2. The Balaban J connectivity index is 1.23. The van der Waals surface area contributed by atoms with Crippen molar-refractivity contribution in [2.24, 2.45) is 0 Å². The molecule has 2 aromatic carbocycles. The highest BCUT2D eigenvalue weighted by Crippen LogP contribution is 2.29. The number of nitrogen functional groups attached to an aromatic ring is 1. The van der Waals surface area contributed by atoms with Gasteiger partial charge in [-0.15, -0.1) is 0 Å². The van der Waals surface area contributed by atoms with Gasteiger partial charge in [-0.3, -0.25) is 14.3 Å². The quantitative estimate of drug-likeness (QED) is 0.575. The third-order valence-electron chi connectivity index (χ3n) is 7.08. The number of amides is 2. The molecule has 3 heterocycles. The molecule has 188 valence electrons. The number of aryl methyl sites for hydroxylation is 1. The van der Waals surface area contributed by atoms with Crippen molar-refractivity contribution in [3.8, 4) is 0 Å². The van der Waals surface area contributed by atoms with Crippen LogP contribution in [0.1, 0.15) is 22.5 Å². The van der Waals surface area contributed by atoms with Gasteiger partial charge in [-0.05, 0) is 42.8 Å². The molecule has 36 heavy (non-hydrogen) atoms. The van der Waals surface area contributed by atoms with Gasteiger partial charge in [-0.1, -0.05) is 18.2 Å². The lowest BCUT2D eigenvalue weighted by atomic mass is 10.0. The van der Waals surface area contributed by atoms with Gasteiger partial charge in [0.05, 0.1) is 6.54 Å². The number of hydrogen-bond acceptors (Lipinski definition) is 6. The molecule has 1 saturated heterocycles. The summed E-state index contributed by atoms with van der Waals surface area (Å²) in [5, 5.41) is 4.44. The molecule has 0 atom stereocenters. The first-order valence-electron chi connectivity index (χ1n) is 12.4. The van der Waals surface area contributed by atoms with E-state index in [1.54, 1.807) is 9.58 Å². The van der Waals surface area contributed by atoms with Crippen LogP contribution in [-0.4, -0.2) is 73.3 Å². The Hall–Kier alpha value is -4.01.